The van der Waals surface area contributed by atoms with Crippen LogP contribution in [0.4, 0.5) is 4.39 Å². The second kappa shape index (κ2) is 6.12. The summed E-state index contributed by atoms with van der Waals surface area (Å²) in [7, 11) is 0. The summed E-state index contributed by atoms with van der Waals surface area (Å²) in [6.07, 6.45) is 0.726. The molecule has 1 N–H and O–H groups in total. The Hall–Kier alpha value is -1.19. The van der Waals surface area contributed by atoms with Crippen molar-refractivity contribution in [2.24, 2.45) is 0 Å². The quantitative estimate of drug-likeness (QED) is 0.908. The molecule has 0 aliphatic carbocycles. The van der Waals surface area contributed by atoms with Gasteiger partial charge in [-0.1, -0.05) is 46.3 Å². The van der Waals surface area contributed by atoms with Gasteiger partial charge in [-0.25, -0.2) is 4.39 Å². The van der Waals surface area contributed by atoms with E-state index in [4.69, 9.17) is 0 Å². The van der Waals surface area contributed by atoms with E-state index < -0.39 is 0 Å². The van der Waals surface area contributed by atoms with Gasteiger partial charge >= 0.3 is 0 Å². The smallest absolute Gasteiger partial charge is 0.123 e. The third-order valence-corrected chi connectivity index (χ3v) is 3.76. The van der Waals surface area contributed by atoms with Gasteiger partial charge in [0.15, 0.2) is 0 Å². The van der Waals surface area contributed by atoms with E-state index in [1.54, 1.807) is 12.1 Å². The number of rotatable bonds is 4. The van der Waals surface area contributed by atoms with E-state index in [1.807, 2.05) is 24.3 Å². The number of aliphatic hydroxyl groups excluding tert-OH is 1. The molecule has 1 atom stereocenters. The van der Waals surface area contributed by atoms with Crippen LogP contribution in [0.15, 0.2) is 53.0 Å². The zero-order chi connectivity index (χ0) is 13.0. The first-order chi connectivity index (χ1) is 8.70. The van der Waals surface area contributed by atoms with Crippen LogP contribution in [0.2, 0.25) is 0 Å². The van der Waals surface area contributed by atoms with Crippen molar-refractivity contribution >= 4 is 15.9 Å². The van der Waals surface area contributed by atoms with Crippen LogP contribution in [0, 0.1) is 5.82 Å². The van der Waals surface area contributed by atoms with Crippen molar-refractivity contribution in [3.63, 3.8) is 0 Å². The highest BCUT2D eigenvalue weighted by Gasteiger charge is 2.12. The van der Waals surface area contributed by atoms with Crippen LogP contribution in [0.25, 0.3) is 0 Å². The first-order valence-corrected chi connectivity index (χ1v) is 6.59. The van der Waals surface area contributed by atoms with Gasteiger partial charge in [-0.15, -0.1) is 0 Å². The Bertz CT molecular complexity index is 510. The molecule has 0 aliphatic heterocycles. The van der Waals surface area contributed by atoms with E-state index in [2.05, 4.69) is 15.9 Å². The average molecular weight is 309 g/mol. The molecule has 94 valence electrons. The number of benzene rings is 2. The lowest BCUT2D eigenvalue weighted by molar-refractivity contribution is 0.264. The first kappa shape index (κ1) is 13.2. The summed E-state index contributed by atoms with van der Waals surface area (Å²) in [4.78, 5) is 0. The first-order valence-electron chi connectivity index (χ1n) is 5.80. The third kappa shape index (κ3) is 3.18. The highest BCUT2D eigenvalue weighted by molar-refractivity contribution is 9.10. The minimum Gasteiger partial charge on any atom is -0.396 e. The Morgan fingerprint density at radius 2 is 1.72 bits per heavy atom. The van der Waals surface area contributed by atoms with Crippen LogP contribution in [-0.2, 0) is 6.42 Å². The fourth-order valence-electron chi connectivity index (χ4n) is 1.95. The van der Waals surface area contributed by atoms with Gasteiger partial charge in [0.25, 0.3) is 0 Å². The van der Waals surface area contributed by atoms with Crippen molar-refractivity contribution in [2.75, 3.05) is 6.61 Å². The molecule has 0 spiro atoms. The van der Waals surface area contributed by atoms with Gasteiger partial charge < -0.3 is 5.11 Å². The van der Waals surface area contributed by atoms with E-state index in [9.17, 15) is 9.50 Å². The summed E-state index contributed by atoms with van der Waals surface area (Å²) < 4.78 is 13.9. The SMILES string of the molecule is OCC(Cc1ccccc1Br)c1ccc(F)cc1. The third-order valence-electron chi connectivity index (χ3n) is 2.99. The predicted octanol–water partition coefficient (Wildman–Crippen LogP) is 3.91. The number of halogens is 2. The minimum atomic E-state index is -0.253. The van der Waals surface area contributed by atoms with E-state index >= 15 is 0 Å². The summed E-state index contributed by atoms with van der Waals surface area (Å²) in [5, 5.41) is 9.49. The van der Waals surface area contributed by atoms with Crippen LogP contribution in [0.5, 0.6) is 0 Å². The maximum Gasteiger partial charge on any atom is 0.123 e. The molecule has 0 saturated carbocycles. The Labute approximate surface area is 114 Å². The standard InChI is InChI=1S/C15H14BrFO/c16-15-4-2-1-3-12(15)9-13(10-18)11-5-7-14(17)8-6-11/h1-8,13,18H,9-10H2. The normalized spacial score (nSPS) is 12.4. The minimum absolute atomic E-state index is 0.00991. The predicted molar refractivity (Wildman–Crippen MR) is 74.1 cm³/mol. The second-order valence-electron chi connectivity index (χ2n) is 4.23. The average Bonchev–Trinajstić information content (AvgIpc) is 2.39. The van der Waals surface area contributed by atoms with E-state index in [-0.39, 0.29) is 18.3 Å². The molecule has 2 aromatic rings. The molecule has 0 amide bonds. The molecule has 0 aromatic heterocycles. The highest BCUT2D eigenvalue weighted by Crippen LogP contribution is 2.25. The lowest BCUT2D eigenvalue weighted by Crippen LogP contribution is -2.08. The van der Waals surface area contributed by atoms with E-state index in [0.717, 1.165) is 22.0 Å². The van der Waals surface area contributed by atoms with Gasteiger partial charge in [-0.3, -0.25) is 0 Å². The molecule has 1 unspecified atom stereocenters. The van der Waals surface area contributed by atoms with Crippen molar-refractivity contribution in [1.82, 2.24) is 0 Å². The number of hydrogen-bond donors (Lipinski definition) is 1. The summed E-state index contributed by atoms with van der Waals surface area (Å²) >= 11 is 3.50. The van der Waals surface area contributed by atoms with Crippen molar-refractivity contribution in [3.05, 3.63) is 69.9 Å². The molecule has 1 nitrogen and oxygen atoms in total. The van der Waals surface area contributed by atoms with Crippen LogP contribution < -0.4 is 0 Å². The molecule has 0 aliphatic rings. The van der Waals surface area contributed by atoms with Crippen molar-refractivity contribution in [2.45, 2.75) is 12.3 Å². The van der Waals surface area contributed by atoms with Crippen LogP contribution in [0.1, 0.15) is 17.0 Å². The van der Waals surface area contributed by atoms with Crippen molar-refractivity contribution in [3.8, 4) is 0 Å². The molecule has 2 aromatic carbocycles. The topological polar surface area (TPSA) is 20.2 Å². The molecule has 0 fully saturated rings. The molecular formula is C15H14BrFO. The van der Waals surface area contributed by atoms with Gasteiger partial charge in [0.1, 0.15) is 5.82 Å². The fourth-order valence-corrected chi connectivity index (χ4v) is 2.40. The van der Waals surface area contributed by atoms with Crippen molar-refractivity contribution < 1.29 is 9.50 Å². The molecule has 3 heteroatoms. The molecule has 0 heterocycles. The Balaban J connectivity index is 2.20. The molecule has 0 radical (unpaired) electrons. The van der Waals surface area contributed by atoms with E-state index in [1.165, 1.54) is 12.1 Å². The summed E-state index contributed by atoms with van der Waals surface area (Å²) in [5.74, 6) is -0.263. The molecular weight excluding hydrogens is 295 g/mol. The largest absolute Gasteiger partial charge is 0.396 e. The maximum absolute atomic E-state index is 12.9. The van der Waals surface area contributed by atoms with Crippen LogP contribution >= 0.6 is 15.9 Å². The fraction of sp³-hybridized carbons (Fsp3) is 0.200. The van der Waals surface area contributed by atoms with Gasteiger partial charge in [-0.2, -0.15) is 0 Å². The molecule has 0 bridgehead atoms. The summed E-state index contributed by atoms with van der Waals surface area (Å²) in [6, 6.07) is 14.2. The lowest BCUT2D eigenvalue weighted by atomic mass is 9.93. The van der Waals surface area contributed by atoms with Gasteiger partial charge in [-0.05, 0) is 35.7 Å². The maximum atomic E-state index is 12.9. The Morgan fingerprint density at radius 3 is 2.33 bits per heavy atom. The summed E-state index contributed by atoms with van der Waals surface area (Å²) in [6.45, 7) is 0.0486. The zero-order valence-electron chi connectivity index (χ0n) is 9.81. The number of hydrogen-bond acceptors (Lipinski definition) is 1. The monoisotopic (exact) mass is 308 g/mol. The summed E-state index contributed by atoms with van der Waals surface area (Å²) in [5.41, 5.74) is 2.09. The molecule has 18 heavy (non-hydrogen) atoms. The highest BCUT2D eigenvalue weighted by atomic mass is 79.9. The zero-order valence-corrected chi connectivity index (χ0v) is 11.4. The van der Waals surface area contributed by atoms with Gasteiger partial charge in [0, 0.05) is 10.4 Å². The second-order valence-corrected chi connectivity index (χ2v) is 5.08. The molecule has 0 saturated heterocycles. The van der Waals surface area contributed by atoms with Gasteiger partial charge in [0.05, 0.1) is 6.61 Å². The molecule has 2 rings (SSSR count). The van der Waals surface area contributed by atoms with Crippen LogP contribution in [-0.4, -0.2) is 11.7 Å². The number of aliphatic hydroxyl groups is 1. The Morgan fingerprint density at radius 1 is 1.06 bits per heavy atom. The van der Waals surface area contributed by atoms with Gasteiger partial charge in [0.2, 0.25) is 0 Å². The lowest BCUT2D eigenvalue weighted by Gasteiger charge is -2.15. The van der Waals surface area contributed by atoms with Crippen LogP contribution in [0.3, 0.4) is 0 Å². The van der Waals surface area contributed by atoms with Crippen molar-refractivity contribution in [1.29, 1.82) is 0 Å². The Kier molecular flexibility index (Phi) is 4.50. The van der Waals surface area contributed by atoms with E-state index in [0.29, 0.717) is 0 Å².